The number of carbonyl (C=O) groups is 1. The lowest BCUT2D eigenvalue weighted by atomic mass is 9.74. The number of hydrogen-bond acceptors (Lipinski definition) is 5. The molecule has 5 heteroatoms. The summed E-state index contributed by atoms with van der Waals surface area (Å²) in [5.74, 6) is 0.164. The lowest BCUT2D eigenvalue weighted by Crippen LogP contribution is -2.55. The van der Waals surface area contributed by atoms with Gasteiger partial charge in [0.2, 0.25) is 0 Å². The number of esters is 1. The van der Waals surface area contributed by atoms with Crippen molar-refractivity contribution in [1.29, 1.82) is 0 Å². The lowest BCUT2D eigenvalue weighted by Gasteiger charge is -2.49. The van der Waals surface area contributed by atoms with Crippen molar-refractivity contribution in [3.8, 4) is 0 Å². The topological polar surface area (TPSA) is 36.0 Å². The number of piperidine rings is 1. The zero-order valence-corrected chi connectivity index (χ0v) is 18.8. The predicted octanol–water partition coefficient (Wildman–Crippen LogP) is 3.20. The van der Waals surface area contributed by atoms with Crippen LogP contribution in [0.4, 0.5) is 0 Å². The quantitative estimate of drug-likeness (QED) is 0.656. The molecule has 0 spiro atoms. The SMILES string of the molecule is CCC(=O)OC1(c2ccccc2)CC(C)N(CCCN2CCN(C)CC2)CC1C. The van der Waals surface area contributed by atoms with Crippen LogP contribution in [0.3, 0.4) is 0 Å². The number of ether oxygens (including phenoxy) is 1. The van der Waals surface area contributed by atoms with Gasteiger partial charge in [-0.1, -0.05) is 44.2 Å². The molecule has 0 amide bonds. The average molecular weight is 402 g/mol. The van der Waals surface area contributed by atoms with E-state index in [0.29, 0.717) is 12.5 Å². The Bertz CT molecular complexity index is 645. The van der Waals surface area contributed by atoms with Crippen LogP contribution in [0.1, 0.15) is 45.6 Å². The Morgan fingerprint density at radius 2 is 1.79 bits per heavy atom. The molecule has 2 fully saturated rings. The van der Waals surface area contributed by atoms with Crippen molar-refractivity contribution in [3.63, 3.8) is 0 Å². The zero-order chi connectivity index (χ0) is 20.9. The first kappa shape index (κ1) is 22.3. The van der Waals surface area contributed by atoms with E-state index >= 15 is 0 Å². The number of rotatable bonds is 7. The molecule has 5 nitrogen and oxygen atoms in total. The first-order valence-electron chi connectivity index (χ1n) is 11.4. The second-order valence-electron chi connectivity index (χ2n) is 9.03. The number of carbonyl (C=O) groups excluding carboxylic acids is 1. The van der Waals surface area contributed by atoms with Gasteiger partial charge in [0.05, 0.1) is 0 Å². The molecule has 0 saturated carbocycles. The normalized spacial score (nSPS) is 29.7. The molecule has 1 aromatic rings. The third kappa shape index (κ3) is 5.39. The number of benzene rings is 1. The summed E-state index contributed by atoms with van der Waals surface area (Å²) in [6.45, 7) is 14.4. The molecule has 1 aromatic carbocycles. The molecule has 0 N–H and O–H groups in total. The predicted molar refractivity (Wildman–Crippen MR) is 118 cm³/mol. The van der Waals surface area contributed by atoms with Gasteiger partial charge < -0.3 is 19.4 Å². The summed E-state index contributed by atoms with van der Waals surface area (Å²) in [5, 5.41) is 0. The van der Waals surface area contributed by atoms with Crippen LogP contribution in [0.5, 0.6) is 0 Å². The van der Waals surface area contributed by atoms with Crippen LogP contribution in [0.15, 0.2) is 30.3 Å². The Morgan fingerprint density at radius 3 is 2.45 bits per heavy atom. The maximum Gasteiger partial charge on any atom is 0.306 e. The minimum absolute atomic E-state index is 0.101. The zero-order valence-electron chi connectivity index (χ0n) is 18.8. The molecule has 2 saturated heterocycles. The third-order valence-electron chi connectivity index (χ3n) is 6.89. The molecule has 0 aliphatic carbocycles. The highest BCUT2D eigenvalue weighted by Gasteiger charge is 2.47. The van der Waals surface area contributed by atoms with Crippen LogP contribution in [-0.2, 0) is 15.1 Å². The minimum Gasteiger partial charge on any atom is -0.454 e. The maximum absolute atomic E-state index is 12.3. The van der Waals surface area contributed by atoms with E-state index in [4.69, 9.17) is 4.74 Å². The van der Waals surface area contributed by atoms with E-state index in [-0.39, 0.29) is 11.9 Å². The molecule has 0 radical (unpaired) electrons. The van der Waals surface area contributed by atoms with Gasteiger partial charge in [-0.15, -0.1) is 0 Å². The molecule has 3 atom stereocenters. The fourth-order valence-corrected chi connectivity index (χ4v) is 4.93. The van der Waals surface area contributed by atoms with Crippen molar-refractivity contribution in [2.75, 3.05) is 52.9 Å². The summed E-state index contributed by atoms with van der Waals surface area (Å²) in [6, 6.07) is 10.8. The summed E-state index contributed by atoms with van der Waals surface area (Å²) >= 11 is 0. The number of piperazine rings is 1. The van der Waals surface area contributed by atoms with Gasteiger partial charge in [0, 0.05) is 57.5 Å². The van der Waals surface area contributed by atoms with Gasteiger partial charge in [-0.3, -0.25) is 4.79 Å². The van der Waals surface area contributed by atoms with Crippen molar-refractivity contribution in [2.24, 2.45) is 5.92 Å². The van der Waals surface area contributed by atoms with E-state index in [1.54, 1.807) is 0 Å². The van der Waals surface area contributed by atoms with E-state index in [1.165, 1.54) is 39.1 Å². The van der Waals surface area contributed by atoms with E-state index in [2.05, 4.69) is 59.9 Å². The van der Waals surface area contributed by atoms with Crippen LogP contribution in [0.2, 0.25) is 0 Å². The largest absolute Gasteiger partial charge is 0.454 e. The fraction of sp³-hybridized carbons (Fsp3) is 0.708. The molecule has 162 valence electrons. The molecular formula is C24H39N3O2. The van der Waals surface area contributed by atoms with Gasteiger partial charge in [-0.25, -0.2) is 0 Å². The Balaban J connectivity index is 1.62. The monoisotopic (exact) mass is 401 g/mol. The second-order valence-corrected chi connectivity index (χ2v) is 9.03. The Hall–Kier alpha value is -1.43. The van der Waals surface area contributed by atoms with Crippen molar-refractivity contribution in [3.05, 3.63) is 35.9 Å². The lowest BCUT2D eigenvalue weighted by molar-refractivity contribution is -0.178. The number of likely N-dealkylation sites (N-methyl/N-ethyl adjacent to an activating group) is 1. The Labute approximate surface area is 177 Å². The highest BCUT2D eigenvalue weighted by atomic mass is 16.6. The van der Waals surface area contributed by atoms with Crippen molar-refractivity contribution in [1.82, 2.24) is 14.7 Å². The molecule has 0 bridgehead atoms. The standard InChI is InChI=1S/C24H39N3O2/c1-5-23(28)29-24(22-10-7-6-8-11-22)18-21(3)27(19-20(24)2)13-9-12-26-16-14-25(4)15-17-26/h6-8,10-11,20-21H,5,9,12-19H2,1-4H3. The highest BCUT2D eigenvalue weighted by Crippen LogP contribution is 2.43. The van der Waals surface area contributed by atoms with Gasteiger partial charge in [-0.2, -0.15) is 0 Å². The summed E-state index contributed by atoms with van der Waals surface area (Å²) in [7, 11) is 2.21. The van der Waals surface area contributed by atoms with Crippen molar-refractivity contribution in [2.45, 2.75) is 51.7 Å². The van der Waals surface area contributed by atoms with E-state index in [1.807, 2.05) is 13.0 Å². The molecule has 29 heavy (non-hydrogen) atoms. The van der Waals surface area contributed by atoms with E-state index in [9.17, 15) is 4.79 Å². The van der Waals surface area contributed by atoms with Crippen LogP contribution in [0.25, 0.3) is 0 Å². The van der Waals surface area contributed by atoms with Gasteiger partial charge >= 0.3 is 5.97 Å². The Morgan fingerprint density at radius 1 is 1.10 bits per heavy atom. The molecular weight excluding hydrogens is 362 g/mol. The third-order valence-corrected chi connectivity index (χ3v) is 6.89. The van der Waals surface area contributed by atoms with Crippen LogP contribution in [-0.4, -0.2) is 79.6 Å². The highest BCUT2D eigenvalue weighted by molar-refractivity contribution is 5.69. The van der Waals surface area contributed by atoms with E-state index in [0.717, 1.165) is 25.1 Å². The van der Waals surface area contributed by atoms with Crippen LogP contribution in [0, 0.1) is 5.92 Å². The maximum atomic E-state index is 12.3. The minimum atomic E-state index is -0.512. The molecule has 2 aliphatic rings. The number of likely N-dealkylation sites (tertiary alicyclic amines) is 1. The molecule has 2 heterocycles. The second kappa shape index (κ2) is 10.1. The Kier molecular flexibility index (Phi) is 7.72. The average Bonchev–Trinajstić information content (AvgIpc) is 2.73. The van der Waals surface area contributed by atoms with Gasteiger partial charge in [-0.05, 0) is 39.0 Å². The van der Waals surface area contributed by atoms with Gasteiger partial charge in [0.1, 0.15) is 5.60 Å². The van der Waals surface area contributed by atoms with Gasteiger partial charge in [0.25, 0.3) is 0 Å². The molecule has 3 unspecified atom stereocenters. The number of nitrogens with zero attached hydrogens (tertiary/aromatic N) is 3. The summed E-state index contributed by atoms with van der Waals surface area (Å²) in [6.07, 6.45) is 2.48. The first-order valence-corrected chi connectivity index (χ1v) is 11.4. The smallest absolute Gasteiger partial charge is 0.306 e. The van der Waals surface area contributed by atoms with Crippen molar-refractivity contribution >= 4 is 5.97 Å². The number of hydrogen-bond donors (Lipinski definition) is 0. The summed E-state index contributed by atoms with van der Waals surface area (Å²) in [4.78, 5) is 19.9. The fourth-order valence-electron chi connectivity index (χ4n) is 4.93. The van der Waals surface area contributed by atoms with E-state index < -0.39 is 5.60 Å². The first-order chi connectivity index (χ1) is 13.9. The van der Waals surface area contributed by atoms with Crippen molar-refractivity contribution < 1.29 is 9.53 Å². The van der Waals surface area contributed by atoms with Crippen LogP contribution < -0.4 is 0 Å². The van der Waals surface area contributed by atoms with Crippen LogP contribution >= 0.6 is 0 Å². The molecule has 2 aliphatic heterocycles. The van der Waals surface area contributed by atoms with Gasteiger partial charge in [0.15, 0.2) is 0 Å². The molecule has 3 rings (SSSR count). The summed E-state index contributed by atoms with van der Waals surface area (Å²) < 4.78 is 6.18. The molecule has 0 aromatic heterocycles. The summed E-state index contributed by atoms with van der Waals surface area (Å²) in [5.41, 5.74) is 0.625.